The Hall–Kier alpha value is -2.81. The lowest BCUT2D eigenvalue weighted by atomic mass is 10.1. The van der Waals surface area contributed by atoms with Gasteiger partial charge in [0.1, 0.15) is 0 Å². The summed E-state index contributed by atoms with van der Waals surface area (Å²) in [7, 11) is 0. The Morgan fingerprint density at radius 1 is 1.08 bits per heavy atom. The van der Waals surface area contributed by atoms with Crippen LogP contribution in [0.1, 0.15) is 5.56 Å². The van der Waals surface area contributed by atoms with Crippen LogP contribution in [0.4, 0.5) is 18.9 Å². The number of amides is 1. The van der Waals surface area contributed by atoms with Crippen molar-refractivity contribution < 1.29 is 18.0 Å². The number of alkyl halides is 3. The lowest BCUT2D eigenvalue weighted by molar-refractivity contribution is -0.137. The van der Waals surface area contributed by atoms with Gasteiger partial charge in [-0.3, -0.25) is 9.89 Å². The third-order valence-corrected chi connectivity index (χ3v) is 4.20. The third-order valence-electron chi connectivity index (χ3n) is 3.35. The highest BCUT2D eigenvalue weighted by molar-refractivity contribution is 7.99. The summed E-state index contributed by atoms with van der Waals surface area (Å²) in [5.74, 6) is -0.133. The molecule has 3 rings (SSSR count). The molecule has 0 aliphatic heterocycles. The van der Waals surface area contributed by atoms with E-state index >= 15 is 0 Å². The number of thioether (sulfide) groups is 1. The predicted octanol–water partition coefficient (Wildman–Crippen LogP) is 4.22. The van der Waals surface area contributed by atoms with Crippen molar-refractivity contribution in [1.29, 1.82) is 0 Å². The zero-order valence-corrected chi connectivity index (χ0v) is 14.1. The summed E-state index contributed by atoms with van der Waals surface area (Å²) >= 11 is 1.03. The van der Waals surface area contributed by atoms with Crippen LogP contribution in [0.5, 0.6) is 0 Å². The summed E-state index contributed by atoms with van der Waals surface area (Å²) in [6.07, 6.45) is -4.54. The Morgan fingerprint density at radius 3 is 2.50 bits per heavy atom. The van der Waals surface area contributed by atoms with Gasteiger partial charge < -0.3 is 5.32 Å². The maximum atomic E-state index is 12.9. The number of benzene rings is 2. The SMILES string of the molecule is O=C(CSc1n[nH]c(-c2ccccc2)n1)Nc1ccccc1C(F)(F)F. The van der Waals surface area contributed by atoms with Gasteiger partial charge in [-0.1, -0.05) is 54.2 Å². The second kappa shape index (κ2) is 7.61. The smallest absolute Gasteiger partial charge is 0.325 e. The van der Waals surface area contributed by atoms with Crippen LogP contribution < -0.4 is 5.32 Å². The van der Waals surface area contributed by atoms with Gasteiger partial charge in [0.2, 0.25) is 11.1 Å². The number of hydrogen-bond donors (Lipinski definition) is 2. The zero-order chi connectivity index (χ0) is 18.6. The molecule has 0 bridgehead atoms. The van der Waals surface area contributed by atoms with Crippen LogP contribution in [-0.4, -0.2) is 26.8 Å². The van der Waals surface area contributed by atoms with Crippen molar-refractivity contribution in [2.75, 3.05) is 11.1 Å². The number of halogens is 3. The molecule has 9 heteroatoms. The number of aromatic nitrogens is 3. The average molecular weight is 378 g/mol. The summed E-state index contributed by atoms with van der Waals surface area (Å²) < 4.78 is 38.8. The van der Waals surface area contributed by atoms with Crippen molar-refractivity contribution >= 4 is 23.4 Å². The van der Waals surface area contributed by atoms with Crippen molar-refractivity contribution in [3.8, 4) is 11.4 Å². The van der Waals surface area contributed by atoms with E-state index < -0.39 is 17.6 Å². The van der Waals surface area contributed by atoms with Gasteiger partial charge in [-0.2, -0.15) is 13.2 Å². The molecule has 1 heterocycles. The number of nitrogens with one attached hydrogen (secondary N) is 2. The first-order chi connectivity index (χ1) is 12.4. The predicted molar refractivity (Wildman–Crippen MR) is 92.6 cm³/mol. The van der Waals surface area contributed by atoms with Crippen LogP contribution in [0.3, 0.4) is 0 Å². The first-order valence-corrected chi connectivity index (χ1v) is 8.49. The van der Waals surface area contributed by atoms with E-state index in [4.69, 9.17) is 0 Å². The summed E-state index contributed by atoms with van der Waals surface area (Å²) in [5, 5.41) is 9.37. The molecule has 0 spiro atoms. The fourth-order valence-corrected chi connectivity index (χ4v) is 2.79. The van der Waals surface area contributed by atoms with E-state index in [1.54, 1.807) is 0 Å². The number of carbonyl (C=O) groups excluding carboxylic acids is 1. The van der Waals surface area contributed by atoms with E-state index in [-0.39, 0.29) is 11.4 Å². The number of aromatic amines is 1. The monoisotopic (exact) mass is 378 g/mol. The number of rotatable bonds is 5. The Kier molecular flexibility index (Phi) is 5.27. The van der Waals surface area contributed by atoms with Crippen LogP contribution in [0.25, 0.3) is 11.4 Å². The molecule has 1 amide bonds. The molecule has 0 saturated heterocycles. The van der Waals surface area contributed by atoms with Gasteiger partial charge in [0, 0.05) is 5.56 Å². The van der Waals surface area contributed by atoms with Crippen LogP contribution >= 0.6 is 11.8 Å². The molecule has 5 nitrogen and oxygen atoms in total. The van der Waals surface area contributed by atoms with Gasteiger partial charge >= 0.3 is 6.18 Å². The van der Waals surface area contributed by atoms with Gasteiger partial charge in [0.25, 0.3) is 0 Å². The van der Waals surface area contributed by atoms with Gasteiger partial charge in [-0.15, -0.1) is 5.10 Å². The van der Waals surface area contributed by atoms with E-state index in [2.05, 4.69) is 20.5 Å². The topological polar surface area (TPSA) is 70.7 Å². The first-order valence-electron chi connectivity index (χ1n) is 7.50. The lowest BCUT2D eigenvalue weighted by Crippen LogP contribution is -2.18. The quantitative estimate of drug-likeness (QED) is 0.652. The van der Waals surface area contributed by atoms with Gasteiger partial charge in [-0.05, 0) is 12.1 Å². The van der Waals surface area contributed by atoms with E-state index in [0.29, 0.717) is 11.0 Å². The normalized spacial score (nSPS) is 11.3. The molecule has 0 aliphatic rings. The summed E-state index contributed by atoms with van der Waals surface area (Å²) in [6.45, 7) is 0. The van der Waals surface area contributed by atoms with Crippen LogP contribution in [0.15, 0.2) is 59.8 Å². The second-order valence-electron chi connectivity index (χ2n) is 5.21. The van der Waals surface area contributed by atoms with Gasteiger partial charge in [0.05, 0.1) is 17.0 Å². The maximum Gasteiger partial charge on any atom is 0.418 e. The number of hydrogen-bond acceptors (Lipinski definition) is 4. The largest absolute Gasteiger partial charge is 0.418 e. The fourth-order valence-electron chi connectivity index (χ4n) is 2.19. The Balaban J connectivity index is 1.61. The minimum absolute atomic E-state index is 0.113. The van der Waals surface area contributed by atoms with Gasteiger partial charge in [-0.25, -0.2) is 4.98 Å². The number of nitrogens with zero attached hydrogens (tertiary/aromatic N) is 2. The molecule has 0 fully saturated rings. The second-order valence-corrected chi connectivity index (χ2v) is 6.16. The van der Waals surface area contributed by atoms with E-state index in [9.17, 15) is 18.0 Å². The molecule has 2 aromatic carbocycles. The molecule has 1 aromatic heterocycles. The van der Waals surface area contributed by atoms with E-state index in [1.807, 2.05) is 30.3 Å². The van der Waals surface area contributed by atoms with Crippen molar-refractivity contribution in [1.82, 2.24) is 15.2 Å². The Labute approximate surface area is 151 Å². The van der Waals surface area contributed by atoms with Gasteiger partial charge in [0.15, 0.2) is 5.82 Å². The number of carbonyl (C=O) groups is 1. The number of anilines is 1. The molecule has 26 heavy (non-hydrogen) atoms. The van der Waals surface area contributed by atoms with E-state index in [0.717, 1.165) is 23.4 Å². The number of H-pyrrole nitrogens is 1. The van der Waals surface area contributed by atoms with Crippen molar-refractivity contribution in [2.45, 2.75) is 11.3 Å². The summed E-state index contributed by atoms with van der Waals surface area (Å²) in [6, 6.07) is 14.1. The molecule has 0 radical (unpaired) electrons. The minimum atomic E-state index is -4.54. The number of para-hydroxylation sites is 1. The zero-order valence-electron chi connectivity index (χ0n) is 13.2. The van der Waals surface area contributed by atoms with Crippen molar-refractivity contribution in [3.63, 3.8) is 0 Å². The highest BCUT2D eigenvalue weighted by Gasteiger charge is 2.33. The summed E-state index contributed by atoms with van der Waals surface area (Å²) in [4.78, 5) is 16.2. The molecule has 134 valence electrons. The van der Waals surface area contributed by atoms with Crippen LogP contribution in [0.2, 0.25) is 0 Å². The molecule has 2 N–H and O–H groups in total. The molecule has 3 aromatic rings. The first kappa shape index (κ1) is 18.0. The third kappa shape index (κ3) is 4.42. The lowest BCUT2D eigenvalue weighted by Gasteiger charge is -2.13. The summed E-state index contributed by atoms with van der Waals surface area (Å²) in [5.41, 5.74) is -0.316. The fraction of sp³-hybridized carbons (Fsp3) is 0.118. The molecular weight excluding hydrogens is 365 g/mol. The molecule has 0 aliphatic carbocycles. The average Bonchev–Trinajstić information content (AvgIpc) is 3.09. The Morgan fingerprint density at radius 2 is 1.77 bits per heavy atom. The van der Waals surface area contributed by atoms with Crippen molar-refractivity contribution in [2.24, 2.45) is 0 Å². The highest BCUT2D eigenvalue weighted by Crippen LogP contribution is 2.34. The van der Waals surface area contributed by atoms with E-state index in [1.165, 1.54) is 18.2 Å². The van der Waals surface area contributed by atoms with Crippen molar-refractivity contribution in [3.05, 3.63) is 60.2 Å². The minimum Gasteiger partial charge on any atom is -0.325 e. The molecule has 0 atom stereocenters. The molecular formula is C17H13F3N4OS. The standard InChI is InChI=1S/C17H13F3N4OS/c18-17(19,20)12-8-4-5-9-13(12)21-14(25)10-26-16-22-15(23-24-16)11-6-2-1-3-7-11/h1-9H,10H2,(H,21,25)(H,22,23,24). The Bertz CT molecular complexity index is 896. The molecule has 0 saturated carbocycles. The highest BCUT2D eigenvalue weighted by atomic mass is 32.2. The van der Waals surface area contributed by atoms with Crippen LogP contribution in [-0.2, 0) is 11.0 Å². The maximum absolute atomic E-state index is 12.9. The van der Waals surface area contributed by atoms with Crippen LogP contribution in [0, 0.1) is 0 Å². The molecule has 0 unspecified atom stereocenters.